The zero-order valence-electron chi connectivity index (χ0n) is 14.7. The van der Waals surface area contributed by atoms with E-state index in [1.165, 1.54) is 4.90 Å². The molecule has 2 heterocycles. The maximum absolute atomic E-state index is 13.0. The molecule has 2 N–H and O–H groups in total. The zero-order valence-corrected chi connectivity index (χ0v) is 15.4. The predicted octanol–water partition coefficient (Wildman–Crippen LogP) is 3.64. The first-order chi connectivity index (χ1) is 12.4. The Balaban J connectivity index is 2.01. The number of aryl methyl sites for hydroxylation is 1. The van der Waals surface area contributed by atoms with Gasteiger partial charge in [-0.25, -0.2) is 4.79 Å². The number of hydrogen-bond donors (Lipinski definition) is 2. The largest absolute Gasteiger partial charge is 0.360 e. The molecule has 0 spiro atoms. The summed E-state index contributed by atoms with van der Waals surface area (Å²) in [5, 5.41) is 9.99. The van der Waals surface area contributed by atoms with Gasteiger partial charge in [-0.3, -0.25) is 9.69 Å². The number of aromatic nitrogens is 1. The van der Waals surface area contributed by atoms with Crippen molar-refractivity contribution in [3.63, 3.8) is 0 Å². The molecule has 0 radical (unpaired) electrons. The van der Waals surface area contributed by atoms with Gasteiger partial charge in [0.05, 0.1) is 11.6 Å². The van der Waals surface area contributed by atoms with E-state index in [1.807, 2.05) is 6.92 Å². The van der Waals surface area contributed by atoms with E-state index in [-0.39, 0.29) is 11.9 Å². The van der Waals surface area contributed by atoms with Gasteiger partial charge in [-0.1, -0.05) is 28.9 Å². The number of rotatable bonds is 4. The second kappa shape index (κ2) is 7.21. The lowest BCUT2D eigenvalue weighted by atomic mass is 9.94. The van der Waals surface area contributed by atoms with Gasteiger partial charge in [-0.15, -0.1) is 0 Å². The number of urea groups is 1. The van der Waals surface area contributed by atoms with Crippen molar-refractivity contribution in [1.29, 1.82) is 0 Å². The summed E-state index contributed by atoms with van der Waals surface area (Å²) in [6, 6.07) is 7.81. The molecule has 7 nitrogen and oxygen atoms in total. The highest BCUT2D eigenvalue weighted by atomic mass is 35.5. The fourth-order valence-corrected chi connectivity index (χ4v) is 3.10. The SMILES string of the molecule is CCN1C(=O)N[C@@H](c2ccc(Cl)cc2)C(C(=O)Nc2cc(C)on2)=C1C. The first kappa shape index (κ1) is 18.0. The van der Waals surface area contributed by atoms with Gasteiger partial charge in [-0.05, 0) is 38.5 Å². The van der Waals surface area contributed by atoms with E-state index in [0.717, 1.165) is 5.56 Å². The van der Waals surface area contributed by atoms with Crippen molar-refractivity contribution < 1.29 is 14.1 Å². The molecule has 8 heteroatoms. The Morgan fingerprint density at radius 3 is 2.62 bits per heavy atom. The second-order valence-corrected chi connectivity index (χ2v) is 6.39. The van der Waals surface area contributed by atoms with Crippen molar-refractivity contribution in [1.82, 2.24) is 15.4 Å². The van der Waals surface area contributed by atoms with Gasteiger partial charge in [0, 0.05) is 23.3 Å². The molecule has 3 amide bonds. The van der Waals surface area contributed by atoms with Crippen LogP contribution in [0.5, 0.6) is 0 Å². The van der Waals surface area contributed by atoms with Crippen LogP contribution in [-0.4, -0.2) is 28.5 Å². The first-order valence-electron chi connectivity index (χ1n) is 8.19. The number of allylic oxidation sites excluding steroid dienone is 1. The highest BCUT2D eigenvalue weighted by molar-refractivity contribution is 6.30. The van der Waals surface area contributed by atoms with E-state index in [2.05, 4.69) is 15.8 Å². The number of halogens is 1. The lowest BCUT2D eigenvalue weighted by Crippen LogP contribution is -2.48. The number of amides is 3. The van der Waals surface area contributed by atoms with Crippen LogP contribution >= 0.6 is 11.6 Å². The molecule has 0 saturated heterocycles. The van der Waals surface area contributed by atoms with Gasteiger partial charge in [-0.2, -0.15) is 0 Å². The van der Waals surface area contributed by atoms with Gasteiger partial charge in [0.1, 0.15) is 5.76 Å². The summed E-state index contributed by atoms with van der Waals surface area (Å²) in [6.45, 7) is 5.80. The minimum Gasteiger partial charge on any atom is -0.360 e. The van der Waals surface area contributed by atoms with Crippen molar-refractivity contribution in [2.24, 2.45) is 0 Å². The highest BCUT2D eigenvalue weighted by Gasteiger charge is 2.35. The normalized spacial score (nSPS) is 17.3. The highest BCUT2D eigenvalue weighted by Crippen LogP contribution is 2.31. The molecular weight excluding hydrogens is 356 g/mol. The van der Waals surface area contributed by atoms with Crippen molar-refractivity contribution in [3.8, 4) is 0 Å². The Morgan fingerprint density at radius 2 is 2.04 bits per heavy atom. The minimum absolute atomic E-state index is 0.251. The Kier molecular flexibility index (Phi) is 4.99. The Morgan fingerprint density at radius 1 is 1.35 bits per heavy atom. The minimum atomic E-state index is -0.587. The first-order valence-corrected chi connectivity index (χ1v) is 8.57. The third-order valence-corrected chi connectivity index (χ3v) is 4.48. The third-order valence-electron chi connectivity index (χ3n) is 4.23. The van der Waals surface area contributed by atoms with Gasteiger partial charge < -0.3 is 15.2 Å². The van der Waals surface area contributed by atoms with Crippen LogP contribution in [0, 0.1) is 6.92 Å². The monoisotopic (exact) mass is 374 g/mol. The molecule has 0 bridgehead atoms. The van der Waals surface area contributed by atoms with E-state index in [1.54, 1.807) is 44.2 Å². The summed E-state index contributed by atoms with van der Waals surface area (Å²) in [6.07, 6.45) is 0. The molecule has 1 aliphatic heterocycles. The fraction of sp³-hybridized carbons (Fsp3) is 0.278. The number of nitrogens with one attached hydrogen (secondary N) is 2. The summed E-state index contributed by atoms with van der Waals surface area (Å²) in [7, 11) is 0. The maximum Gasteiger partial charge on any atom is 0.322 e. The fourth-order valence-electron chi connectivity index (χ4n) is 2.97. The molecule has 2 aromatic rings. The number of anilines is 1. The number of carbonyl (C=O) groups excluding carboxylic acids is 2. The molecule has 1 aromatic heterocycles. The molecule has 0 saturated carbocycles. The van der Waals surface area contributed by atoms with Crippen LogP contribution in [0.3, 0.4) is 0 Å². The van der Waals surface area contributed by atoms with E-state index < -0.39 is 6.04 Å². The standard InChI is InChI=1S/C18H19ClN4O3/c1-4-23-11(3)15(17(24)20-14-9-10(2)26-22-14)16(21-18(23)25)12-5-7-13(19)8-6-12/h5-9,16H,4H2,1-3H3,(H,21,25)(H,20,22,24)/t16-/m0/s1. The van der Waals surface area contributed by atoms with Crippen LogP contribution in [0.4, 0.5) is 10.6 Å². The summed E-state index contributed by atoms with van der Waals surface area (Å²) < 4.78 is 4.99. The smallest absolute Gasteiger partial charge is 0.322 e. The van der Waals surface area contributed by atoms with Crippen LogP contribution in [-0.2, 0) is 4.79 Å². The van der Waals surface area contributed by atoms with Crippen LogP contribution in [0.25, 0.3) is 0 Å². The Labute approximate surface area is 156 Å². The molecule has 1 atom stereocenters. The van der Waals surface area contributed by atoms with E-state index in [9.17, 15) is 9.59 Å². The average Bonchev–Trinajstić information content (AvgIpc) is 3.00. The molecule has 1 aliphatic rings. The number of nitrogens with zero attached hydrogens (tertiary/aromatic N) is 2. The van der Waals surface area contributed by atoms with Gasteiger partial charge in [0.2, 0.25) is 0 Å². The molecule has 26 heavy (non-hydrogen) atoms. The van der Waals surface area contributed by atoms with Crippen LogP contribution < -0.4 is 10.6 Å². The maximum atomic E-state index is 13.0. The van der Waals surface area contributed by atoms with Crippen molar-refractivity contribution in [2.45, 2.75) is 26.8 Å². The van der Waals surface area contributed by atoms with Gasteiger partial charge in [0.15, 0.2) is 5.82 Å². The summed E-state index contributed by atoms with van der Waals surface area (Å²) in [4.78, 5) is 26.9. The van der Waals surface area contributed by atoms with Crippen LogP contribution in [0.15, 0.2) is 46.1 Å². The lowest BCUT2D eigenvalue weighted by Gasteiger charge is -2.35. The van der Waals surface area contributed by atoms with E-state index in [4.69, 9.17) is 16.1 Å². The van der Waals surface area contributed by atoms with Crippen LogP contribution in [0.1, 0.15) is 31.2 Å². The van der Waals surface area contributed by atoms with Crippen molar-refractivity contribution in [3.05, 3.63) is 57.9 Å². The topological polar surface area (TPSA) is 87.5 Å². The van der Waals surface area contributed by atoms with E-state index >= 15 is 0 Å². The summed E-state index contributed by atoms with van der Waals surface area (Å²) >= 11 is 5.96. The summed E-state index contributed by atoms with van der Waals surface area (Å²) in [5.41, 5.74) is 1.79. The van der Waals surface area contributed by atoms with Gasteiger partial charge in [0.25, 0.3) is 5.91 Å². The zero-order chi connectivity index (χ0) is 18.8. The lowest BCUT2D eigenvalue weighted by molar-refractivity contribution is -0.113. The molecular formula is C18H19ClN4O3. The Bertz CT molecular complexity index is 873. The molecule has 0 fully saturated rings. The number of carbonyl (C=O) groups is 2. The molecule has 0 aliphatic carbocycles. The second-order valence-electron chi connectivity index (χ2n) is 5.95. The number of hydrogen-bond acceptors (Lipinski definition) is 4. The number of benzene rings is 1. The molecule has 1 aromatic carbocycles. The molecule has 136 valence electrons. The molecule has 0 unspecified atom stereocenters. The van der Waals surface area contributed by atoms with Crippen molar-refractivity contribution in [2.75, 3.05) is 11.9 Å². The third kappa shape index (κ3) is 3.43. The molecule has 3 rings (SSSR count). The van der Waals surface area contributed by atoms with Crippen LogP contribution in [0.2, 0.25) is 5.02 Å². The quantitative estimate of drug-likeness (QED) is 0.855. The average molecular weight is 375 g/mol. The van der Waals surface area contributed by atoms with Gasteiger partial charge >= 0.3 is 6.03 Å². The summed E-state index contributed by atoms with van der Waals surface area (Å²) in [5.74, 6) is 0.559. The van der Waals surface area contributed by atoms with E-state index in [0.29, 0.717) is 34.4 Å². The van der Waals surface area contributed by atoms with Crippen molar-refractivity contribution >= 4 is 29.4 Å². The Hall–Kier alpha value is -2.80. The predicted molar refractivity (Wildman–Crippen MR) is 97.7 cm³/mol.